The highest BCUT2D eigenvalue weighted by Crippen LogP contribution is 2.22. The van der Waals surface area contributed by atoms with Gasteiger partial charge >= 0.3 is 0 Å². The van der Waals surface area contributed by atoms with Crippen molar-refractivity contribution in [2.24, 2.45) is 0 Å². The van der Waals surface area contributed by atoms with Gasteiger partial charge in [-0.15, -0.1) is 11.3 Å². The quantitative estimate of drug-likeness (QED) is 0.879. The summed E-state index contributed by atoms with van der Waals surface area (Å²) in [4.78, 5) is 11.8. The number of benzene rings is 1. The SMILES string of the molecule is N#Cc1ccsc1NC(=O)CCS(=O)(=O)Cc1ccccc1. The number of hydrogen-bond donors (Lipinski definition) is 1. The van der Waals surface area contributed by atoms with Gasteiger partial charge in [0.05, 0.1) is 17.1 Å². The first-order valence-corrected chi connectivity index (χ1v) is 9.22. The molecule has 0 aliphatic heterocycles. The van der Waals surface area contributed by atoms with Crippen molar-refractivity contribution < 1.29 is 13.2 Å². The number of anilines is 1. The fraction of sp³-hybridized carbons (Fsp3) is 0.200. The van der Waals surface area contributed by atoms with Crippen LogP contribution in [0.15, 0.2) is 41.8 Å². The van der Waals surface area contributed by atoms with Crippen LogP contribution in [0.2, 0.25) is 0 Å². The van der Waals surface area contributed by atoms with E-state index < -0.39 is 15.7 Å². The predicted octanol–water partition coefficient (Wildman–Crippen LogP) is 2.56. The number of sulfone groups is 1. The second kappa shape index (κ2) is 7.20. The van der Waals surface area contributed by atoms with E-state index in [1.165, 1.54) is 11.3 Å². The van der Waals surface area contributed by atoms with Crippen molar-refractivity contribution in [1.82, 2.24) is 0 Å². The molecule has 0 atom stereocenters. The van der Waals surface area contributed by atoms with E-state index >= 15 is 0 Å². The van der Waals surface area contributed by atoms with Gasteiger partial charge in [0.1, 0.15) is 11.1 Å². The van der Waals surface area contributed by atoms with E-state index in [-0.39, 0.29) is 17.9 Å². The summed E-state index contributed by atoms with van der Waals surface area (Å²) in [5.41, 5.74) is 1.08. The summed E-state index contributed by atoms with van der Waals surface area (Å²) in [6.45, 7) is 0. The smallest absolute Gasteiger partial charge is 0.226 e. The molecule has 2 rings (SSSR count). The Kier molecular flexibility index (Phi) is 5.31. The molecule has 0 aliphatic carbocycles. The van der Waals surface area contributed by atoms with Crippen LogP contribution >= 0.6 is 11.3 Å². The first-order valence-electron chi connectivity index (χ1n) is 6.52. The molecule has 1 aromatic carbocycles. The molecule has 0 aliphatic rings. The molecule has 1 heterocycles. The lowest BCUT2D eigenvalue weighted by Gasteiger charge is -2.05. The minimum absolute atomic E-state index is 0.0798. The van der Waals surface area contributed by atoms with E-state index in [0.717, 1.165) is 0 Å². The van der Waals surface area contributed by atoms with Crippen LogP contribution in [0.3, 0.4) is 0 Å². The molecule has 114 valence electrons. The normalized spacial score (nSPS) is 10.9. The van der Waals surface area contributed by atoms with Crippen LogP contribution in [0, 0.1) is 11.3 Å². The average molecular weight is 334 g/mol. The molecule has 1 aromatic heterocycles. The van der Waals surface area contributed by atoms with Gasteiger partial charge in [-0.05, 0) is 17.0 Å². The highest BCUT2D eigenvalue weighted by Gasteiger charge is 2.15. The van der Waals surface area contributed by atoms with E-state index in [4.69, 9.17) is 5.26 Å². The van der Waals surface area contributed by atoms with Gasteiger partial charge in [-0.2, -0.15) is 5.26 Å². The maximum atomic E-state index is 12.0. The largest absolute Gasteiger partial charge is 0.317 e. The lowest BCUT2D eigenvalue weighted by molar-refractivity contribution is -0.115. The third-order valence-electron chi connectivity index (χ3n) is 2.91. The van der Waals surface area contributed by atoms with E-state index in [0.29, 0.717) is 16.1 Å². The third-order valence-corrected chi connectivity index (χ3v) is 5.34. The van der Waals surface area contributed by atoms with Gasteiger partial charge in [-0.3, -0.25) is 4.79 Å². The van der Waals surface area contributed by atoms with Gasteiger partial charge in [0.2, 0.25) is 5.91 Å². The van der Waals surface area contributed by atoms with Crippen molar-refractivity contribution in [1.29, 1.82) is 5.26 Å². The summed E-state index contributed by atoms with van der Waals surface area (Å²) in [6.07, 6.45) is -0.127. The Labute approximate surface area is 133 Å². The topological polar surface area (TPSA) is 87.0 Å². The number of thiophene rings is 1. The minimum Gasteiger partial charge on any atom is -0.317 e. The Morgan fingerprint density at radius 3 is 2.64 bits per heavy atom. The van der Waals surface area contributed by atoms with Gasteiger partial charge in [-0.25, -0.2) is 8.42 Å². The third kappa shape index (κ3) is 4.69. The van der Waals surface area contributed by atoms with Crippen LogP contribution in [0.1, 0.15) is 17.5 Å². The monoisotopic (exact) mass is 334 g/mol. The van der Waals surface area contributed by atoms with Gasteiger partial charge < -0.3 is 5.32 Å². The zero-order valence-corrected chi connectivity index (χ0v) is 13.3. The molecule has 1 N–H and O–H groups in total. The Bertz CT molecular complexity index is 790. The Balaban J connectivity index is 1.89. The van der Waals surface area contributed by atoms with E-state index in [2.05, 4.69) is 5.32 Å². The molecule has 0 fully saturated rings. The van der Waals surface area contributed by atoms with Crippen molar-refractivity contribution in [3.63, 3.8) is 0 Å². The van der Waals surface area contributed by atoms with Crippen molar-refractivity contribution in [3.8, 4) is 6.07 Å². The molecule has 1 amide bonds. The Hall–Kier alpha value is -2.17. The second-order valence-corrected chi connectivity index (χ2v) is 7.75. The molecular formula is C15H14N2O3S2. The summed E-state index contributed by atoms with van der Waals surface area (Å²) in [7, 11) is -3.35. The second-order valence-electron chi connectivity index (χ2n) is 4.65. The number of carbonyl (C=O) groups excluding carboxylic acids is 1. The number of nitrogens with one attached hydrogen (secondary N) is 1. The molecule has 0 bridgehead atoms. The van der Waals surface area contributed by atoms with Crippen LogP contribution in [-0.2, 0) is 20.4 Å². The van der Waals surface area contributed by atoms with Crippen molar-refractivity contribution in [2.75, 3.05) is 11.1 Å². The predicted molar refractivity (Wildman–Crippen MR) is 86.2 cm³/mol. The average Bonchev–Trinajstić information content (AvgIpc) is 2.93. The van der Waals surface area contributed by atoms with Crippen LogP contribution < -0.4 is 5.32 Å². The van der Waals surface area contributed by atoms with E-state index in [9.17, 15) is 13.2 Å². The molecule has 0 spiro atoms. The molecule has 0 unspecified atom stereocenters. The van der Waals surface area contributed by atoms with E-state index in [1.54, 1.807) is 35.7 Å². The Morgan fingerprint density at radius 1 is 1.23 bits per heavy atom. The highest BCUT2D eigenvalue weighted by molar-refractivity contribution is 7.90. The molecule has 22 heavy (non-hydrogen) atoms. The van der Waals surface area contributed by atoms with Gasteiger partial charge in [0.15, 0.2) is 9.84 Å². The number of amides is 1. The summed E-state index contributed by atoms with van der Waals surface area (Å²) < 4.78 is 24.0. The first kappa shape index (κ1) is 16.2. The van der Waals surface area contributed by atoms with Crippen molar-refractivity contribution >= 4 is 32.1 Å². The van der Waals surface area contributed by atoms with Crippen LogP contribution in [0.25, 0.3) is 0 Å². The summed E-state index contributed by atoms with van der Waals surface area (Å²) in [6, 6.07) is 12.4. The summed E-state index contributed by atoms with van der Waals surface area (Å²) in [5, 5.41) is 13.6. The molecular weight excluding hydrogens is 320 g/mol. The van der Waals surface area contributed by atoms with Crippen molar-refractivity contribution in [3.05, 3.63) is 52.9 Å². The lowest BCUT2D eigenvalue weighted by Crippen LogP contribution is -2.18. The Morgan fingerprint density at radius 2 is 1.95 bits per heavy atom. The molecule has 7 heteroatoms. The number of carbonyl (C=O) groups is 1. The standard InChI is InChI=1S/C15H14N2O3S2/c16-10-13-6-8-21-15(13)17-14(18)7-9-22(19,20)11-12-4-2-1-3-5-12/h1-6,8H,7,9,11H2,(H,17,18). The maximum absolute atomic E-state index is 12.0. The van der Waals surface area contributed by atoms with Crippen molar-refractivity contribution in [2.45, 2.75) is 12.2 Å². The maximum Gasteiger partial charge on any atom is 0.226 e. The lowest BCUT2D eigenvalue weighted by atomic mass is 10.2. The molecule has 0 saturated heterocycles. The summed E-state index contributed by atoms with van der Waals surface area (Å²) >= 11 is 1.23. The zero-order valence-electron chi connectivity index (χ0n) is 11.7. The van der Waals surface area contributed by atoms with Gasteiger partial charge in [0, 0.05) is 6.42 Å². The number of rotatable bonds is 6. The minimum atomic E-state index is -3.35. The number of nitrogens with zero attached hydrogens (tertiary/aromatic N) is 1. The van der Waals surface area contributed by atoms with Crippen LogP contribution in [0.4, 0.5) is 5.00 Å². The molecule has 5 nitrogen and oxygen atoms in total. The van der Waals surface area contributed by atoms with Crippen LogP contribution in [-0.4, -0.2) is 20.1 Å². The van der Waals surface area contributed by atoms with Gasteiger partial charge in [0.25, 0.3) is 0 Å². The zero-order chi connectivity index (χ0) is 16.0. The van der Waals surface area contributed by atoms with Crippen LogP contribution in [0.5, 0.6) is 0 Å². The highest BCUT2D eigenvalue weighted by atomic mass is 32.2. The van der Waals surface area contributed by atoms with E-state index in [1.807, 2.05) is 12.1 Å². The number of nitriles is 1. The summed E-state index contributed by atoms with van der Waals surface area (Å²) in [5.74, 6) is -0.708. The number of hydrogen-bond acceptors (Lipinski definition) is 5. The molecule has 0 saturated carbocycles. The molecule has 2 aromatic rings. The fourth-order valence-electron chi connectivity index (χ4n) is 1.83. The van der Waals surface area contributed by atoms with Gasteiger partial charge in [-0.1, -0.05) is 30.3 Å². The first-order chi connectivity index (χ1) is 10.5. The molecule has 0 radical (unpaired) electrons. The fourth-order valence-corrected chi connectivity index (χ4v) is 3.93.